The molecule has 94 heavy (non-hydrogen) atoms. The van der Waals surface area contributed by atoms with Crippen LogP contribution in [0.15, 0.2) is 158 Å². The number of hydrogen-bond donors (Lipinski definition) is 8. The maximum atomic E-state index is 11.9. The lowest BCUT2D eigenvalue weighted by Crippen LogP contribution is -2.32. The van der Waals surface area contributed by atoms with Crippen molar-refractivity contribution in [3.63, 3.8) is 0 Å². The number of aliphatic hydroxyl groups excluding tert-OH is 2. The molecule has 0 spiro atoms. The van der Waals surface area contributed by atoms with Crippen LogP contribution in [0.3, 0.4) is 0 Å². The Morgan fingerprint density at radius 2 is 0.681 bits per heavy atom. The summed E-state index contributed by atoms with van der Waals surface area (Å²) >= 11 is 0. The van der Waals surface area contributed by atoms with Crippen molar-refractivity contribution in [1.82, 2.24) is 0 Å². The number of phenols is 6. The van der Waals surface area contributed by atoms with Crippen molar-refractivity contribution in [3.8, 4) is 34.5 Å². The Morgan fingerprint density at radius 1 is 0.362 bits per heavy atom. The van der Waals surface area contributed by atoms with Crippen LogP contribution in [0.5, 0.6) is 34.5 Å². The summed E-state index contributed by atoms with van der Waals surface area (Å²) in [6.07, 6.45) is 14.4. The molecule has 8 aromatic rings. The van der Waals surface area contributed by atoms with Crippen molar-refractivity contribution in [1.29, 1.82) is 0 Å². The molecule has 0 saturated heterocycles. The monoisotopic (exact) mass is 1260 g/mol. The largest absolute Gasteiger partial charge is 0.508 e. The van der Waals surface area contributed by atoms with E-state index in [4.69, 9.17) is 0 Å². The highest BCUT2D eigenvalue weighted by atomic mass is 16.3. The molecule has 3 saturated carbocycles. The topological polar surface area (TPSA) is 162 Å². The molecule has 3 fully saturated rings. The van der Waals surface area contributed by atoms with E-state index in [1.54, 1.807) is 24.3 Å². The molecule has 8 heteroatoms. The number of hydrogen-bond acceptors (Lipinski definition) is 8. The molecule has 3 aliphatic carbocycles. The Labute approximate surface area is 560 Å². The first-order chi connectivity index (χ1) is 45.3. The molecule has 0 aliphatic heterocycles. The molecule has 10 atom stereocenters. The van der Waals surface area contributed by atoms with Gasteiger partial charge in [-0.25, -0.2) is 0 Å². The zero-order valence-electron chi connectivity index (χ0n) is 57.0. The second kappa shape index (κ2) is 29.6. The van der Waals surface area contributed by atoms with Crippen molar-refractivity contribution < 1.29 is 40.9 Å². The standard InChI is InChI=1S/C86H104O8/c1-9-52(5)70-48-62(26-34-78(70)89)84(63-27-35-79(90)71(49-63)53(6)10-2)74-42-56(22-30-82(74)93)40-66-44-60(24-32-76(66)87)58-18-16-20-68(46-58)86(38-14-13-15-39-86)69-21-17-19-59(47-69)61-25-33-77(88)67(45-61)41-57-23-31-83(94)75(43-57)85(64-28-36-80(91)72(50-64)54(7)11-3)65-29-37-81(92)73(51-65)55(8)12-4/h16-23,26-31,34-37,42-43,46-55,60-61,66-67,76-77,84-85,87-94H,9-15,24-25,32-33,38-41,44-45H2,1-8H3. The predicted octanol–water partition coefficient (Wildman–Crippen LogP) is 20.6. The lowest BCUT2D eigenvalue weighted by Gasteiger charge is -2.40. The lowest BCUT2D eigenvalue weighted by atomic mass is 9.64. The minimum absolute atomic E-state index is 0.00233. The zero-order valence-corrected chi connectivity index (χ0v) is 57.0. The van der Waals surface area contributed by atoms with Crippen molar-refractivity contribution in [2.75, 3.05) is 0 Å². The first kappa shape index (κ1) is 67.9. The Kier molecular flexibility index (Phi) is 21.4. The second-order valence-corrected chi connectivity index (χ2v) is 29.1. The van der Waals surface area contributed by atoms with Gasteiger partial charge in [0.05, 0.1) is 12.2 Å². The normalized spacial score (nSPS) is 21.8. The van der Waals surface area contributed by atoms with Gasteiger partial charge < -0.3 is 40.9 Å². The zero-order chi connectivity index (χ0) is 66.5. The van der Waals surface area contributed by atoms with Crippen LogP contribution in [0.1, 0.15) is 288 Å². The molecule has 10 unspecified atom stereocenters. The van der Waals surface area contributed by atoms with Gasteiger partial charge in [-0.15, -0.1) is 0 Å². The van der Waals surface area contributed by atoms with E-state index in [-0.39, 0.29) is 99.1 Å². The highest BCUT2D eigenvalue weighted by Gasteiger charge is 2.39. The predicted molar refractivity (Wildman–Crippen MR) is 382 cm³/mol. The van der Waals surface area contributed by atoms with Crippen molar-refractivity contribution in [3.05, 3.63) is 247 Å². The van der Waals surface area contributed by atoms with E-state index in [2.05, 4.69) is 140 Å². The number of phenolic OH excluding ortho intramolecular Hbond substituents is 6. The Hall–Kier alpha value is -7.52. The smallest absolute Gasteiger partial charge is 0.119 e. The molecule has 0 radical (unpaired) electrons. The minimum atomic E-state index is -0.462. The van der Waals surface area contributed by atoms with Gasteiger partial charge in [-0.2, -0.15) is 0 Å². The maximum absolute atomic E-state index is 11.9. The summed E-state index contributed by atoms with van der Waals surface area (Å²) in [7, 11) is 0. The van der Waals surface area contributed by atoms with E-state index in [9.17, 15) is 40.9 Å². The van der Waals surface area contributed by atoms with Gasteiger partial charge in [0.15, 0.2) is 0 Å². The third-order valence-corrected chi connectivity index (χ3v) is 23.3. The molecule has 3 aliphatic rings. The van der Waals surface area contributed by atoms with Crippen LogP contribution < -0.4 is 0 Å². The summed E-state index contributed by atoms with van der Waals surface area (Å²) in [4.78, 5) is 0. The Bertz CT molecular complexity index is 3530. The van der Waals surface area contributed by atoms with E-state index >= 15 is 0 Å². The summed E-state index contributed by atoms with van der Waals surface area (Å²) in [6.45, 7) is 17.0. The van der Waals surface area contributed by atoms with E-state index in [0.29, 0.717) is 25.7 Å². The van der Waals surface area contributed by atoms with Crippen LogP contribution in [0.25, 0.3) is 0 Å². The molecular formula is C86H104O8. The summed E-state index contributed by atoms with van der Waals surface area (Å²) in [5.74, 6) is 1.71. The van der Waals surface area contributed by atoms with Gasteiger partial charge in [-0.3, -0.25) is 0 Å². The van der Waals surface area contributed by atoms with Crippen LogP contribution >= 0.6 is 0 Å². The number of rotatable bonds is 22. The van der Waals surface area contributed by atoms with Gasteiger partial charge in [0, 0.05) is 28.4 Å². The maximum Gasteiger partial charge on any atom is 0.119 e. The molecule has 11 rings (SSSR count). The summed E-state index contributed by atoms with van der Waals surface area (Å²) < 4.78 is 0. The number of aromatic hydroxyl groups is 6. The third-order valence-electron chi connectivity index (χ3n) is 23.3. The molecule has 8 aromatic carbocycles. The van der Waals surface area contributed by atoms with Gasteiger partial charge >= 0.3 is 0 Å². The average molecular weight is 1270 g/mol. The van der Waals surface area contributed by atoms with Crippen LogP contribution in [-0.2, 0) is 18.3 Å². The summed E-state index contributed by atoms with van der Waals surface area (Å²) in [6, 6.07) is 54.2. The first-order valence-electron chi connectivity index (χ1n) is 35.8. The van der Waals surface area contributed by atoms with Gasteiger partial charge in [0.1, 0.15) is 34.5 Å². The highest BCUT2D eigenvalue weighted by molar-refractivity contribution is 5.57. The molecule has 0 amide bonds. The lowest BCUT2D eigenvalue weighted by molar-refractivity contribution is 0.0618. The van der Waals surface area contributed by atoms with Crippen LogP contribution in [0.4, 0.5) is 0 Å². The quantitative estimate of drug-likeness (QED) is 0.0311. The fourth-order valence-electron chi connectivity index (χ4n) is 16.7. The first-order valence-corrected chi connectivity index (χ1v) is 35.8. The fraction of sp³-hybridized carbons (Fsp3) is 0.442. The van der Waals surface area contributed by atoms with Gasteiger partial charge in [-0.05, 0) is 252 Å². The average Bonchev–Trinajstić information content (AvgIpc) is 0.774. The van der Waals surface area contributed by atoms with Crippen molar-refractivity contribution in [2.45, 2.75) is 230 Å². The molecular weight excluding hydrogens is 1160 g/mol. The van der Waals surface area contributed by atoms with Crippen LogP contribution in [-0.4, -0.2) is 53.1 Å². The summed E-state index contributed by atoms with van der Waals surface area (Å²) in [5.41, 5.74) is 16.2. The van der Waals surface area contributed by atoms with E-state index in [1.165, 1.54) is 28.7 Å². The van der Waals surface area contributed by atoms with Crippen LogP contribution in [0, 0.1) is 11.8 Å². The Morgan fingerprint density at radius 3 is 1.01 bits per heavy atom. The SMILES string of the molecule is CCC(C)c1cc(C(c2ccc(O)c(C(C)CC)c2)c2cc(CC3CC(c4cccc(C5(c6cccc(C7CCC(O)C(Cc8ccc(O)c(C(c9ccc(O)c(C(C)CC)c9)c9ccc(O)c(C(C)CC)c9)c8)C7)c6)CCCCC5)c4)CCC3O)ccc2O)ccc1O. The highest BCUT2D eigenvalue weighted by Crippen LogP contribution is 2.51. The molecule has 0 heterocycles. The van der Waals surface area contributed by atoms with E-state index in [0.717, 1.165) is 144 Å². The molecule has 8 N–H and O–H groups in total. The molecule has 0 aromatic heterocycles. The molecule has 8 nitrogen and oxygen atoms in total. The van der Waals surface area contributed by atoms with Gasteiger partial charge in [0.25, 0.3) is 0 Å². The van der Waals surface area contributed by atoms with Crippen molar-refractivity contribution in [2.24, 2.45) is 11.8 Å². The minimum Gasteiger partial charge on any atom is -0.508 e. The van der Waals surface area contributed by atoms with Crippen LogP contribution in [0.2, 0.25) is 0 Å². The van der Waals surface area contributed by atoms with Gasteiger partial charge in [-0.1, -0.05) is 196 Å². The number of aliphatic hydroxyl groups is 2. The van der Waals surface area contributed by atoms with E-state index in [1.807, 2.05) is 48.5 Å². The molecule has 0 bridgehead atoms. The summed E-state index contributed by atoms with van der Waals surface area (Å²) in [5, 5.41) is 91.9. The number of benzene rings is 8. The van der Waals surface area contributed by atoms with Gasteiger partial charge in [0.2, 0.25) is 0 Å². The third kappa shape index (κ3) is 14.4. The Balaban J connectivity index is 0.845. The second-order valence-electron chi connectivity index (χ2n) is 29.1. The fourth-order valence-corrected chi connectivity index (χ4v) is 16.7. The van der Waals surface area contributed by atoms with Crippen molar-refractivity contribution >= 4 is 0 Å². The van der Waals surface area contributed by atoms with E-state index < -0.39 is 12.2 Å². The molecule has 496 valence electrons.